The Balaban J connectivity index is 1.73. The molecule has 0 radical (unpaired) electrons. The highest BCUT2D eigenvalue weighted by molar-refractivity contribution is 6.30. The van der Waals surface area contributed by atoms with E-state index in [4.69, 9.17) is 32.7 Å². The minimum absolute atomic E-state index is 0.122. The first kappa shape index (κ1) is 28.1. The van der Waals surface area contributed by atoms with Crippen molar-refractivity contribution in [2.24, 2.45) is 5.92 Å². The third kappa shape index (κ3) is 4.66. The Morgan fingerprint density at radius 3 is 2.26 bits per heavy atom. The maximum Gasteiger partial charge on any atom is 0.257 e. The van der Waals surface area contributed by atoms with Gasteiger partial charge < -0.3 is 14.6 Å². The number of hydrogen-bond donors (Lipinski definition) is 1. The minimum atomic E-state index is -1.57. The molecule has 5 nitrogen and oxygen atoms in total. The molecule has 0 spiro atoms. The van der Waals surface area contributed by atoms with Crippen LogP contribution in [0.4, 0.5) is 4.39 Å². The van der Waals surface area contributed by atoms with Crippen molar-refractivity contribution in [2.45, 2.75) is 50.5 Å². The van der Waals surface area contributed by atoms with Gasteiger partial charge in [0.25, 0.3) is 5.91 Å². The van der Waals surface area contributed by atoms with Crippen molar-refractivity contribution in [2.75, 3.05) is 20.3 Å². The zero-order valence-electron chi connectivity index (χ0n) is 22.2. The molecule has 2 heterocycles. The number of nitrogens with zero attached hydrogens (tertiary/aromatic N) is 1. The summed E-state index contributed by atoms with van der Waals surface area (Å²) in [6.45, 7) is 4.72. The van der Waals surface area contributed by atoms with E-state index in [0.717, 1.165) is 5.56 Å². The van der Waals surface area contributed by atoms with Crippen molar-refractivity contribution in [1.29, 1.82) is 0 Å². The highest BCUT2D eigenvalue weighted by Gasteiger charge is 2.56. The van der Waals surface area contributed by atoms with Gasteiger partial charge in [-0.15, -0.1) is 0 Å². The Hall–Kier alpha value is -2.48. The van der Waals surface area contributed by atoms with Gasteiger partial charge in [0.1, 0.15) is 5.82 Å². The van der Waals surface area contributed by atoms with Gasteiger partial charge >= 0.3 is 0 Å². The summed E-state index contributed by atoms with van der Waals surface area (Å²) in [5, 5.41) is 12.7. The lowest BCUT2D eigenvalue weighted by Crippen LogP contribution is -2.48. The van der Waals surface area contributed by atoms with Crippen molar-refractivity contribution >= 4 is 29.1 Å². The van der Waals surface area contributed by atoms with Gasteiger partial charge in [-0.1, -0.05) is 54.4 Å². The van der Waals surface area contributed by atoms with E-state index < -0.39 is 23.2 Å². The first-order valence-electron chi connectivity index (χ1n) is 13.2. The number of benzene rings is 3. The number of fused-ring (bicyclic) bond motifs is 1. The lowest BCUT2D eigenvalue weighted by molar-refractivity contribution is -0.103. The number of halogens is 3. The summed E-state index contributed by atoms with van der Waals surface area (Å²) in [5.74, 6) is -1.13. The van der Waals surface area contributed by atoms with E-state index in [9.17, 15) is 9.90 Å². The van der Waals surface area contributed by atoms with Crippen molar-refractivity contribution in [3.63, 3.8) is 0 Å². The Morgan fingerprint density at radius 2 is 1.69 bits per heavy atom. The van der Waals surface area contributed by atoms with Crippen molar-refractivity contribution in [3.8, 4) is 0 Å². The van der Waals surface area contributed by atoms with Crippen LogP contribution < -0.4 is 0 Å². The van der Waals surface area contributed by atoms with E-state index in [1.165, 1.54) is 13.2 Å². The summed E-state index contributed by atoms with van der Waals surface area (Å²) < 4.78 is 28.1. The maximum atomic E-state index is 16.4. The van der Waals surface area contributed by atoms with Crippen molar-refractivity contribution in [3.05, 3.63) is 104 Å². The predicted octanol–water partition coefficient (Wildman–Crippen LogP) is 7.22. The third-order valence-corrected chi connectivity index (χ3v) is 8.81. The van der Waals surface area contributed by atoms with E-state index in [0.29, 0.717) is 53.6 Å². The van der Waals surface area contributed by atoms with Crippen LogP contribution in [0.5, 0.6) is 0 Å². The van der Waals surface area contributed by atoms with Crippen LogP contribution in [0.25, 0.3) is 0 Å². The Kier molecular flexibility index (Phi) is 7.79. The lowest BCUT2D eigenvalue weighted by Gasteiger charge is -2.43. The molecule has 0 aromatic heterocycles. The van der Waals surface area contributed by atoms with Crippen molar-refractivity contribution < 1.29 is 23.8 Å². The molecule has 39 heavy (non-hydrogen) atoms. The van der Waals surface area contributed by atoms with E-state index >= 15 is 4.39 Å². The van der Waals surface area contributed by atoms with E-state index in [2.05, 4.69) is 0 Å². The molecule has 2 aliphatic heterocycles. The standard InChI is InChI=1S/C31H32Cl2FNO4/c1-4-27(19-5-9-23(32)10-6-19)35-29(36)25-17-22(30(2,37)20-13-15-39-16-14-20)18-26(34)28(25)31(35,38-3)21-7-11-24(33)12-8-21/h5-12,17-18,20,27,37H,4,13-16H2,1-3H3/t27-,30?,31+/m0/s1. The quantitative estimate of drug-likeness (QED) is 0.325. The van der Waals surface area contributed by atoms with Crippen LogP contribution in [-0.2, 0) is 20.8 Å². The van der Waals surface area contributed by atoms with Crippen LogP contribution in [0.15, 0.2) is 60.7 Å². The molecule has 1 N–H and O–H groups in total. The second kappa shape index (κ2) is 10.8. The van der Waals surface area contributed by atoms with Gasteiger partial charge in [-0.05, 0) is 79.6 Å². The molecule has 3 atom stereocenters. The average molecular weight is 573 g/mol. The highest BCUT2D eigenvalue weighted by Crippen LogP contribution is 2.52. The molecule has 5 rings (SSSR count). The summed E-state index contributed by atoms with van der Waals surface area (Å²) >= 11 is 12.4. The summed E-state index contributed by atoms with van der Waals surface area (Å²) in [6.07, 6.45) is 1.83. The molecule has 0 bridgehead atoms. The van der Waals surface area contributed by atoms with Gasteiger partial charge in [-0.2, -0.15) is 0 Å². The summed E-state index contributed by atoms with van der Waals surface area (Å²) in [7, 11) is 1.48. The molecule has 1 saturated heterocycles. The second-order valence-corrected chi connectivity index (χ2v) is 11.3. The highest BCUT2D eigenvalue weighted by atomic mass is 35.5. The fraction of sp³-hybridized carbons (Fsp3) is 0.387. The van der Waals surface area contributed by atoms with Gasteiger partial charge in [0, 0.05) is 35.9 Å². The number of rotatable bonds is 7. The number of carbonyl (C=O) groups excluding carboxylic acids is 1. The zero-order valence-corrected chi connectivity index (χ0v) is 23.7. The smallest absolute Gasteiger partial charge is 0.257 e. The van der Waals surface area contributed by atoms with Gasteiger partial charge in [-0.3, -0.25) is 9.69 Å². The van der Waals surface area contributed by atoms with Crippen LogP contribution in [0.2, 0.25) is 10.0 Å². The van der Waals surface area contributed by atoms with Gasteiger partial charge in [0.15, 0.2) is 5.72 Å². The minimum Gasteiger partial charge on any atom is -0.385 e. The fourth-order valence-electron chi connectivity index (χ4n) is 6.19. The number of ether oxygens (including phenoxy) is 2. The van der Waals surface area contributed by atoms with Crippen molar-refractivity contribution in [1.82, 2.24) is 4.90 Å². The molecular formula is C31H32Cl2FNO4. The largest absolute Gasteiger partial charge is 0.385 e. The lowest BCUT2D eigenvalue weighted by atomic mass is 9.77. The van der Waals surface area contributed by atoms with E-state index in [1.807, 2.05) is 19.1 Å². The number of amides is 1. The first-order valence-corrected chi connectivity index (χ1v) is 14.0. The molecule has 1 amide bonds. The summed E-state index contributed by atoms with van der Waals surface area (Å²) in [6, 6.07) is 16.7. The summed E-state index contributed by atoms with van der Waals surface area (Å²) in [5.41, 5.74) is -0.849. The number of hydrogen-bond acceptors (Lipinski definition) is 4. The summed E-state index contributed by atoms with van der Waals surface area (Å²) in [4.78, 5) is 16.0. The molecule has 3 aromatic rings. The number of methoxy groups -OCH3 is 1. The predicted molar refractivity (Wildman–Crippen MR) is 149 cm³/mol. The zero-order chi connectivity index (χ0) is 27.9. The second-order valence-electron chi connectivity index (χ2n) is 10.4. The molecule has 0 aliphatic carbocycles. The van der Waals surface area contributed by atoms with Crippen LogP contribution in [0, 0.1) is 11.7 Å². The molecule has 0 saturated carbocycles. The normalized spacial score (nSPS) is 22.0. The van der Waals surface area contributed by atoms with Crippen LogP contribution >= 0.6 is 23.2 Å². The monoisotopic (exact) mass is 571 g/mol. The molecule has 2 aliphatic rings. The molecular weight excluding hydrogens is 540 g/mol. The first-order chi connectivity index (χ1) is 18.6. The SMILES string of the molecule is CC[C@@H](c1ccc(Cl)cc1)N1C(=O)c2cc(C(C)(O)C3CCOCC3)cc(F)c2[C@]1(OC)c1ccc(Cl)cc1. The maximum absolute atomic E-state index is 16.4. The number of aliphatic hydroxyl groups is 1. The Labute approximate surface area is 238 Å². The average Bonchev–Trinajstić information content (AvgIpc) is 3.20. The van der Waals surface area contributed by atoms with Crippen LogP contribution in [0.3, 0.4) is 0 Å². The van der Waals surface area contributed by atoms with Gasteiger partial charge in [0.2, 0.25) is 0 Å². The number of carbonyl (C=O) groups is 1. The van der Waals surface area contributed by atoms with Gasteiger partial charge in [-0.25, -0.2) is 4.39 Å². The van der Waals surface area contributed by atoms with E-state index in [1.54, 1.807) is 54.3 Å². The fourth-order valence-corrected chi connectivity index (χ4v) is 6.44. The Bertz CT molecular complexity index is 1360. The van der Waals surface area contributed by atoms with E-state index in [-0.39, 0.29) is 23.0 Å². The molecule has 1 unspecified atom stereocenters. The Morgan fingerprint density at radius 1 is 1.10 bits per heavy atom. The molecule has 3 aromatic carbocycles. The topological polar surface area (TPSA) is 59.0 Å². The van der Waals surface area contributed by atoms with Crippen LogP contribution in [0.1, 0.15) is 71.8 Å². The molecule has 8 heteroatoms. The third-order valence-electron chi connectivity index (χ3n) is 8.30. The van der Waals surface area contributed by atoms with Gasteiger partial charge in [0.05, 0.1) is 22.8 Å². The van der Waals surface area contributed by atoms with Crippen LogP contribution in [-0.4, -0.2) is 36.2 Å². The molecule has 206 valence electrons. The molecule has 1 fully saturated rings.